The Morgan fingerprint density at radius 1 is 1.45 bits per heavy atom. The van der Waals surface area contributed by atoms with Gasteiger partial charge in [-0.05, 0) is 50.3 Å². The van der Waals surface area contributed by atoms with Crippen molar-refractivity contribution in [1.82, 2.24) is 0 Å². The van der Waals surface area contributed by atoms with Crippen molar-refractivity contribution >= 4 is 5.69 Å². The standard InChI is InChI=1S/C16H24FNO2/c1-11-8-16(14(12(2)19)9-15(11)17)18(3)6-7-20-10-13-4-5-13/h8-9,12-13,19H,4-7,10H2,1-3H3/t12-/m1/s1. The number of benzene rings is 1. The lowest BCUT2D eigenvalue weighted by atomic mass is 10.0. The molecule has 1 aliphatic rings. The normalized spacial score (nSPS) is 16.2. The van der Waals surface area contributed by atoms with Crippen LogP contribution in [-0.4, -0.2) is 31.9 Å². The maximum atomic E-state index is 13.6. The first kappa shape index (κ1) is 15.3. The van der Waals surface area contributed by atoms with Gasteiger partial charge in [-0.2, -0.15) is 0 Å². The van der Waals surface area contributed by atoms with Gasteiger partial charge in [-0.1, -0.05) is 0 Å². The molecule has 0 heterocycles. The zero-order valence-corrected chi connectivity index (χ0v) is 12.5. The Labute approximate surface area is 120 Å². The molecule has 3 nitrogen and oxygen atoms in total. The van der Waals surface area contributed by atoms with E-state index in [2.05, 4.69) is 0 Å². The number of rotatable bonds is 7. The molecule has 0 amide bonds. The van der Waals surface area contributed by atoms with Crippen LogP contribution < -0.4 is 4.90 Å². The third-order valence-corrected chi connectivity index (χ3v) is 3.79. The van der Waals surface area contributed by atoms with Crippen molar-refractivity contribution in [3.8, 4) is 0 Å². The summed E-state index contributed by atoms with van der Waals surface area (Å²) in [5.74, 6) is 0.490. The second-order valence-corrected chi connectivity index (χ2v) is 5.78. The predicted octanol–water partition coefficient (Wildman–Crippen LogP) is 3.05. The third-order valence-electron chi connectivity index (χ3n) is 3.79. The number of likely N-dealkylation sites (N-methyl/N-ethyl adjacent to an activating group) is 1. The van der Waals surface area contributed by atoms with Crippen LogP contribution in [0.2, 0.25) is 0 Å². The lowest BCUT2D eigenvalue weighted by Gasteiger charge is -2.24. The van der Waals surface area contributed by atoms with Gasteiger partial charge in [-0.25, -0.2) is 4.39 Å². The van der Waals surface area contributed by atoms with E-state index < -0.39 is 6.10 Å². The molecule has 1 aromatic rings. The van der Waals surface area contributed by atoms with Crippen molar-refractivity contribution in [3.63, 3.8) is 0 Å². The fourth-order valence-electron chi connectivity index (χ4n) is 2.20. The van der Waals surface area contributed by atoms with Crippen molar-refractivity contribution in [3.05, 3.63) is 29.1 Å². The summed E-state index contributed by atoms with van der Waals surface area (Å²) in [4.78, 5) is 2.02. The summed E-state index contributed by atoms with van der Waals surface area (Å²) in [5.41, 5.74) is 2.09. The molecule has 1 aromatic carbocycles. The van der Waals surface area contributed by atoms with Gasteiger partial charge in [0.15, 0.2) is 0 Å². The van der Waals surface area contributed by atoms with Gasteiger partial charge >= 0.3 is 0 Å². The van der Waals surface area contributed by atoms with Crippen molar-refractivity contribution in [1.29, 1.82) is 0 Å². The molecule has 0 saturated heterocycles. The van der Waals surface area contributed by atoms with Gasteiger partial charge in [0.2, 0.25) is 0 Å². The van der Waals surface area contributed by atoms with Crippen LogP contribution in [0.25, 0.3) is 0 Å². The SMILES string of the molecule is Cc1cc(N(C)CCOCC2CC2)c([C@@H](C)O)cc1F. The zero-order valence-electron chi connectivity index (χ0n) is 12.5. The minimum Gasteiger partial charge on any atom is -0.389 e. The van der Waals surface area contributed by atoms with Crippen LogP contribution >= 0.6 is 0 Å². The number of aliphatic hydroxyl groups is 1. The van der Waals surface area contributed by atoms with E-state index in [4.69, 9.17) is 4.74 Å². The molecule has 0 unspecified atom stereocenters. The monoisotopic (exact) mass is 281 g/mol. The quantitative estimate of drug-likeness (QED) is 0.780. The van der Waals surface area contributed by atoms with Gasteiger partial charge in [-0.3, -0.25) is 0 Å². The van der Waals surface area contributed by atoms with Crippen LogP contribution in [0.5, 0.6) is 0 Å². The predicted molar refractivity (Wildman–Crippen MR) is 78.6 cm³/mol. The summed E-state index contributed by atoms with van der Waals surface area (Å²) in [5, 5.41) is 9.80. The van der Waals surface area contributed by atoms with Gasteiger partial charge in [0.1, 0.15) is 5.82 Å². The van der Waals surface area contributed by atoms with Gasteiger partial charge < -0.3 is 14.7 Å². The maximum absolute atomic E-state index is 13.6. The number of aryl methyl sites for hydroxylation is 1. The number of halogens is 1. The Hall–Kier alpha value is -1.13. The highest BCUT2D eigenvalue weighted by molar-refractivity contribution is 5.56. The highest BCUT2D eigenvalue weighted by Gasteiger charge is 2.21. The summed E-state index contributed by atoms with van der Waals surface area (Å²) in [6, 6.07) is 3.22. The molecule has 20 heavy (non-hydrogen) atoms. The van der Waals surface area contributed by atoms with Crippen LogP contribution in [0.15, 0.2) is 12.1 Å². The van der Waals surface area contributed by atoms with Crippen LogP contribution in [-0.2, 0) is 4.74 Å². The molecule has 2 rings (SSSR count). The molecule has 1 fully saturated rings. The number of hydrogen-bond acceptors (Lipinski definition) is 3. The third kappa shape index (κ3) is 3.93. The van der Waals surface area contributed by atoms with Crippen molar-refractivity contribution in [2.24, 2.45) is 5.92 Å². The van der Waals surface area contributed by atoms with E-state index in [0.29, 0.717) is 17.7 Å². The van der Waals surface area contributed by atoms with Crippen molar-refractivity contribution < 1.29 is 14.2 Å². The molecule has 1 aliphatic carbocycles. The first-order valence-corrected chi connectivity index (χ1v) is 7.26. The lowest BCUT2D eigenvalue weighted by Crippen LogP contribution is -2.24. The minimum atomic E-state index is -0.685. The Balaban J connectivity index is 1.99. The highest BCUT2D eigenvalue weighted by atomic mass is 19.1. The van der Waals surface area contributed by atoms with E-state index in [9.17, 15) is 9.50 Å². The Morgan fingerprint density at radius 2 is 2.15 bits per heavy atom. The summed E-state index contributed by atoms with van der Waals surface area (Å²) in [6.45, 7) is 5.63. The van der Waals surface area contributed by atoms with E-state index in [-0.39, 0.29) is 5.82 Å². The molecule has 1 N–H and O–H groups in total. The molecule has 0 aliphatic heterocycles. The number of ether oxygens (including phenoxy) is 1. The fourth-order valence-corrected chi connectivity index (χ4v) is 2.20. The lowest BCUT2D eigenvalue weighted by molar-refractivity contribution is 0.130. The van der Waals surface area contributed by atoms with Crippen LogP contribution in [0.4, 0.5) is 10.1 Å². The average Bonchev–Trinajstić information content (AvgIpc) is 3.21. The van der Waals surface area contributed by atoms with Gasteiger partial charge in [-0.15, -0.1) is 0 Å². The maximum Gasteiger partial charge on any atom is 0.126 e. The molecule has 0 bridgehead atoms. The second-order valence-electron chi connectivity index (χ2n) is 5.78. The largest absolute Gasteiger partial charge is 0.389 e. The Bertz CT molecular complexity index is 458. The Kier molecular flexibility index (Phi) is 5.00. The molecule has 1 atom stereocenters. The van der Waals surface area contributed by atoms with Gasteiger partial charge in [0.05, 0.1) is 12.7 Å². The topological polar surface area (TPSA) is 32.7 Å². The number of nitrogens with zero attached hydrogens (tertiary/aromatic N) is 1. The van der Waals surface area contributed by atoms with E-state index in [1.807, 2.05) is 11.9 Å². The minimum absolute atomic E-state index is 0.275. The first-order chi connectivity index (χ1) is 9.49. The van der Waals surface area contributed by atoms with Crippen molar-refractivity contribution in [2.75, 3.05) is 31.7 Å². The summed E-state index contributed by atoms with van der Waals surface area (Å²) in [7, 11) is 1.94. The molecular weight excluding hydrogens is 257 g/mol. The van der Waals surface area contributed by atoms with Crippen molar-refractivity contribution in [2.45, 2.75) is 32.8 Å². The molecular formula is C16H24FNO2. The molecule has 0 spiro atoms. The fraction of sp³-hybridized carbons (Fsp3) is 0.625. The summed E-state index contributed by atoms with van der Waals surface area (Å²) >= 11 is 0. The van der Waals surface area contributed by atoms with E-state index in [0.717, 1.165) is 24.8 Å². The van der Waals surface area contributed by atoms with Crippen LogP contribution in [0.3, 0.4) is 0 Å². The number of anilines is 1. The number of hydrogen-bond donors (Lipinski definition) is 1. The number of aliphatic hydroxyl groups excluding tert-OH is 1. The van der Waals surface area contributed by atoms with Gasteiger partial charge in [0, 0.05) is 31.5 Å². The summed E-state index contributed by atoms with van der Waals surface area (Å²) in [6.07, 6.45) is 1.90. The van der Waals surface area contributed by atoms with E-state index >= 15 is 0 Å². The molecule has 1 saturated carbocycles. The average molecular weight is 281 g/mol. The highest BCUT2D eigenvalue weighted by Crippen LogP contribution is 2.30. The van der Waals surface area contributed by atoms with E-state index in [1.54, 1.807) is 19.9 Å². The second kappa shape index (κ2) is 6.55. The molecule has 112 valence electrons. The van der Waals surface area contributed by atoms with Crippen LogP contribution in [0, 0.1) is 18.7 Å². The Morgan fingerprint density at radius 3 is 2.75 bits per heavy atom. The van der Waals surface area contributed by atoms with E-state index in [1.165, 1.54) is 18.9 Å². The first-order valence-electron chi connectivity index (χ1n) is 7.26. The zero-order chi connectivity index (χ0) is 14.7. The molecule has 0 aromatic heterocycles. The summed E-state index contributed by atoms with van der Waals surface area (Å²) < 4.78 is 19.3. The van der Waals surface area contributed by atoms with Crippen LogP contribution in [0.1, 0.15) is 37.0 Å². The molecule has 4 heteroatoms. The molecule has 0 radical (unpaired) electrons. The smallest absolute Gasteiger partial charge is 0.126 e. The van der Waals surface area contributed by atoms with Gasteiger partial charge in [0.25, 0.3) is 0 Å².